The third kappa shape index (κ3) is 12.1. The van der Waals surface area contributed by atoms with Gasteiger partial charge in [0.2, 0.25) is 11.9 Å². The summed E-state index contributed by atoms with van der Waals surface area (Å²) >= 11 is 0. The summed E-state index contributed by atoms with van der Waals surface area (Å²) in [7, 11) is 0. The smallest absolute Gasteiger partial charge is 0.411 e. The van der Waals surface area contributed by atoms with E-state index in [9.17, 15) is 29.1 Å². The topological polar surface area (TPSA) is 173 Å². The molecule has 1 heterocycles. The minimum absolute atomic E-state index is 0.0469. The zero-order valence-corrected chi connectivity index (χ0v) is 38.9. The van der Waals surface area contributed by atoms with Crippen LogP contribution < -0.4 is 5.32 Å². The fourth-order valence-electron chi connectivity index (χ4n) is 8.21. The number of nitrogens with one attached hydrogen (secondary N) is 1. The first kappa shape index (κ1) is 49.0. The molecule has 6 atom stereocenters. The Morgan fingerprint density at radius 3 is 1.55 bits per heavy atom. The van der Waals surface area contributed by atoms with E-state index in [1.54, 1.807) is 109 Å². The van der Waals surface area contributed by atoms with E-state index in [0.29, 0.717) is 5.56 Å². The van der Waals surface area contributed by atoms with Gasteiger partial charge >= 0.3 is 30.0 Å². The molecule has 71 heavy (non-hydrogen) atoms. The first-order valence-corrected chi connectivity index (χ1v) is 23.1. The average molecular weight is 954 g/mol. The lowest BCUT2D eigenvalue weighted by molar-refractivity contribution is -0.360. The minimum Gasteiger partial charge on any atom is -0.456 e. The zero-order valence-electron chi connectivity index (χ0n) is 38.9. The van der Waals surface area contributed by atoms with Gasteiger partial charge in [0, 0.05) is 11.3 Å². The molecule has 0 saturated carbocycles. The van der Waals surface area contributed by atoms with Crippen LogP contribution in [0, 0.1) is 0 Å². The summed E-state index contributed by atoms with van der Waals surface area (Å²) in [5.74, 6) is -6.46. The van der Waals surface area contributed by atoms with Gasteiger partial charge in [-0.05, 0) is 103 Å². The molecule has 1 aliphatic rings. The van der Waals surface area contributed by atoms with Crippen LogP contribution in [-0.4, -0.2) is 65.6 Å². The highest BCUT2D eigenvalue weighted by Gasteiger charge is 2.62. The largest absolute Gasteiger partial charge is 0.456 e. The van der Waals surface area contributed by atoms with E-state index < -0.39 is 66.3 Å². The number of carbonyl (C=O) groups is 5. The summed E-state index contributed by atoms with van der Waals surface area (Å²) in [6.07, 6.45) is -8.61. The van der Waals surface area contributed by atoms with Gasteiger partial charge in [-0.25, -0.2) is 24.0 Å². The lowest BCUT2D eigenvalue weighted by Crippen LogP contribution is -2.68. The van der Waals surface area contributed by atoms with Crippen molar-refractivity contribution in [3.05, 3.63) is 244 Å². The van der Waals surface area contributed by atoms with Crippen molar-refractivity contribution in [1.29, 1.82) is 0 Å². The van der Waals surface area contributed by atoms with Gasteiger partial charge in [0.25, 0.3) is 0 Å². The Kier molecular flexibility index (Phi) is 15.8. The fraction of sp³-hybridized carbons (Fsp3) is 0.190. The number of esters is 4. The molecule has 0 radical (unpaired) electrons. The molecule has 1 saturated heterocycles. The summed E-state index contributed by atoms with van der Waals surface area (Å²) in [6, 6.07) is 53.6. The molecule has 360 valence electrons. The van der Waals surface area contributed by atoms with Crippen LogP contribution in [0.3, 0.4) is 0 Å². The average Bonchev–Trinajstić information content (AvgIpc) is 3.41. The summed E-state index contributed by atoms with van der Waals surface area (Å²) in [6.45, 7) is 3.46. The molecular formula is C58H51NO12. The van der Waals surface area contributed by atoms with Gasteiger partial charge in [0.1, 0.15) is 18.8 Å². The van der Waals surface area contributed by atoms with Crippen molar-refractivity contribution in [3.63, 3.8) is 0 Å². The highest BCUT2D eigenvalue weighted by Crippen LogP contribution is 2.45. The van der Waals surface area contributed by atoms with Crippen LogP contribution in [0.5, 0.6) is 0 Å². The van der Waals surface area contributed by atoms with Crippen LogP contribution in [-0.2, 0) is 53.7 Å². The van der Waals surface area contributed by atoms with Crippen LogP contribution in [0.4, 0.5) is 10.5 Å². The number of aryl methyl sites for hydroxylation is 1. The second kappa shape index (κ2) is 22.8. The Morgan fingerprint density at radius 1 is 0.563 bits per heavy atom. The quantitative estimate of drug-likeness (QED) is 0.0695. The van der Waals surface area contributed by atoms with Crippen molar-refractivity contribution in [1.82, 2.24) is 0 Å². The Bertz CT molecular complexity index is 2920. The molecule has 0 bridgehead atoms. The fourth-order valence-corrected chi connectivity index (χ4v) is 8.21. The maximum Gasteiger partial charge on any atom is 0.411 e. The Morgan fingerprint density at radius 2 is 1.03 bits per heavy atom. The third-order valence-electron chi connectivity index (χ3n) is 11.9. The van der Waals surface area contributed by atoms with Crippen molar-refractivity contribution >= 4 is 35.7 Å². The molecule has 13 heteroatoms. The van der Waals surface area contributed by atoms with Crippen LogP contribution in [0.25, 0.3) is 0 Å². The van der Waals surface area contributed by atoms with E-state index in [-0.39, 0.29) is 46.5 Å². The predicted octanol–water partition coefficient (Wildman–Crippen LogP) is 10.1. The number of amides is 1. The number of carbonyl (C=O) groups excluding carboxylic acids is 5. The minimum atomic E-state index is -2.86. The van der Waals surface area contributed by atoms with Crippen molar-refractivity contribution < 1.29 is 57.5 Å². The zero-order chi connectivity index (χ0) is 49.7. The molecule has 1 amide bonds. The first-order valence-electron chi connectivity index (χ1n) is 23.1. The van der Waals surface area contributed by atoms with Crippen molar-refractivity contribution in [3.8, 4) is 0 Å². The van der Waals surface area contributed by atoms with Crippen LogP contribution in [0.1, 0.15) is 83.1 Å². The maximum absolute atomic E-state index is 14.5. The van der Waals surface area contributed by atoms with E-state index in [1.165, 1.54) is 49.4 Å². The highest BCUT2D eigenvalue weighted by molar-refractivity contribution is 5.92. The Labute approximate surface area is 410 Å². The standard InChI is InChI=1S/C58H51NO12/c1-3-39-29-31-40(32-30-39)35-46-33-34-47(59-57(64)66-37-41-19-9-4-10-20-41)36-48(46)58(65)52(70-56(63)45-27-17-8-18-28-45)51(69-55(62)44-25-15-7-16-26-44)50(68-54(61)43-23-13-6-14-24-43)49(71-58)38(2)67-53(60)42-21-11-5-12-22-42/h4-34,36,38,49-52,65H,3,35,37H2,1-2H3,(H,59,64)/t38-,49+,50+,51-,52+,58+/m0/s1. The molecule has 13 nitrogen and oxygen atoms in total. The molecule has 0 aromatic heterocycles. The summed E-state index contributed by atoms with van der Waals surface area (Å²) in [4.78, 5) is 70.4. The van der Waals surface area contributed by atoms with E-state index in [2.05, 4.69) is 5.32 Å². The normalized spacial score (nSPS) is 18.7. The summed E-state index contributed by atoms with van der Waals surface area (Å²) < 4.78 is 37.4. The molecule has 7 aromatic carbocycles. The molecule has 2 N–H and O–H groups in total. The van der Waals surface area contributed by atoms with Crippen LogP contribution >= 0.6 is 0 Å². The lowest BCUT2D eigenvalue weighted by atomic mass is 9.83. The lowest BCUT2D eigenvalue weighted by Gasteiger charge is -2.50. The molecule has 7 aromatic rings. The van der Waals surface area contributed by atoms with Gasteiger partial charge < -0.3 is 33.5 Å². The Balaban J connectivity index is 1.31. The van der Waals surface area contributed by atoms with Gasteiger partial charge in [-0.15, -0.1) is 0 Å². The van der Waals surface area contributed by atoms with Gasteiger partial charge in [0.15, 0.2) is 12.2 Å². The molecule has 0 unspecified atom stereocenters. The molecule has 1 fully saturated rings. The van der Waals surface area contributed by atoms with Crippen LogP contribution in [0.15, 0.2) is 194 Å². The van der Waals surface area contributed by atoms with Gasteiger partial charge in [-0.3, -0.25) is 5.32 Å². The summed E-state index contributed by atoms with van der Waals surface area (Å²) in [5, 5.41) is 16.6. The molecule has 0 aliphatic carbocycles. The van der Waals surface area contributed by atoms with Crippen molar-refractivity contribution in [2.45, 2.75) is 69.6 Å². The third-order valence-corrected chi connectivity index (χ3v) is 11.9. The maximum atomic E-state index is 14.5. The predicted molar refractivity (Wildman–Crippen MR) is 262 cm³/mol. The van der Waals surface area contributed by atoms with E-state index >= 15 is 0 Å². The second-order valence-corrected chi connectivity index (χ2v) is 16.8. The van der Waals surface area contributed by atoms with Crippen molar-refractivity contribution in [2.24, 2.45) is 0 Å². The van der Waals surface area contributed by atoms with Crippen molar-refractivity contribution in [2.75, 3.05) is 5.32 Å². The van der Waals surface area contributed by atoms with Gasteiger partial charge in [-0.1, -0.05) is 140 Å². The number of benzene rings is 7. The molecular weight excluding hydrogens is 903 g/mol. The van der Waals surface area contributed by atoms with E-state index in [0.717, 1.165) is 23.1 Å². The highest BCUT2D eigenvalue weighted by atomic mass is 16.7. The van der Waals surface area contributed by atoms with Gasteiger partial charge in [0.05, 0.1) is 22.3 Å². The number of hydrogen-bond donors (Lipinski definition) is 2. The second-order valence-electron chi connectivity index (χ2n) is 16.8. The first-order chi connectivity index (χ1) is 34.5. The molecule has 1 aliphatic heterocycles. The Hall–Kier alpha value is -8.39. The van der Waals surface area contributed by atoms with Gasteiger partial charge in [-0.2, -0.15) is 0 Å². The number of rotatable bonds is 16. The molecule has 8 rings (SSSR count). The van der Waals surface area contributed by atoms with Crippen LogP contribution in [0.2, 0.25) is 0 Å². The monoisotopic (exact) mass is 953 g/mol. The molecule has 0 spiro atoms. The number of anilines is 1. The number of hydrogen-bond acceptors (Lipinski definition) is 12. The summed E-state index contributed by atoms with van der Waals surface area (Å²) in [5.41, 5.74) is 3.54. The number of ether oxygens (including phenoxy) is 6. The SMILES string of the molecule is CCc1ccc(Cc2ccc(NC(=O)OCc3ccccc3)cc2[C@@]2(O)O[C@H]([C@H](C)OC(=O)c3ccccc3)[C@@H](OC(=O)c3ccccc3)[C@H](OC(=O)c3ccccc3)[C@H]2OC(=O)c2ccccc2)cc1. The van der Waals surface area contributed by atoms with E-state index in [1.807, 2.05) is 49.4 Å². The van der Waals surface area contributed by atoms with E-state index in [4.69, 9.17) is 28.4 Å². The number of aliphatic hydroxyl groups is 1.